The minimum atomic E-state index is -1.77. The van der Waals surface area contributed by atoms with Gasteiger partial charge in [-0.05, 0) is 6.92 Å². The fourth-order valence-corrected chi connectivity index (χ4v) is 3.36. The van der Waals surface area contributed by atoms with Crippen molar-refractivity contribution in [3.05, 3.63) is 0 Å². The van der Waals surface area contributed by atoms with Crippen molar-refractivity contribution in [3.8, 4) is 0 Å². The van der Waals surface area contributed by atoms with Crippen molar-refractivity contribution in [1.29, 1.82) is 0 Å². The van der Waals surface area contributed by atoms with Crippen LogP contribution < -0.4 is 0 Å². The molecule has 0 saturated carbocycles. The van der Waals surface area contributed by atoms with E-state index in [4.69, 9.17) is 9.47 Å². The number of amides is 1. The molecule has 4 atom stereocenters. The number of nitrogens with zero attached hydrogens (tertiary/aromatic N) is 1. The Kier molecular flexibility index (Phi) is 3.59. The van der Waals surface area contributed by atoms with Gasteiger partial charge in [-0.2, -0.15) is 0 Å². The Morgan fingerprint density at radius 2 is 2.10 bits per heavy atom. The molecule has 0 aromatic carbocycles. The lowest BCUT2D eigenvalue weighted by Crippen LogP contribution is -2.64. The summed E-state index contributed by atoms with van der Waals surface area (Å²) in [7, 11) is 1.20. The second-order valence-electron chi connectivity index (χ2n) is 6.97. The number of hydrogen-bond acceptors (Lipinski definition) is 6. The third-order valence-electron chi connectivity index (χ3n) is 4.59. The van der Waals surface area contributed by atoms with Gasteiger partial charge in [0.15, 0.2) is 5.54 Å². The van der Waals surface area contributed by atoms with Crippen molar-refractivity contribution in [1.82, 2.24) is 4.90 Å². The molecule has 2 saturated heterocycles. The molecule has 2 heterocycles. The summed E-state index contributed by atoms with van der Waals surface area (Å²) in [4.78, 5) is 26.3. The Morgan fingerprint density at radius 3 is 2.52 bits per heavy atom. The Labute approximate surface area is 123 Å². The molecule has 7 nitrogen and oxygen atoms in total. The second kappa shape index (κ2) is 4.66. The summed E-state index contributed by atoms with van der Waals surface area (Å²) in [6, 6.07) is 0. The molecule has 2 aliphatic heterocycles. The number of ether oxygens (including phenoxy) is 2. The molecule has 0 aromatic rings. The second-order valence-corrected chi connectivity index (χ2v) is 6.97. The number of aliphatic hydroxyl groups excluding tert-OH is 1. The average Bonchev–Trinajstić information content (AvgIpc) is 2.85. The van der Waals surface area contributed by atoms with Gasteiger partial charge < -0.3 is 19.7 Å². The standard InChI is InChI=1S/C14H23NO6/c1-12(2,3)10-15-9(17)8(6-16)13(4,19)14(15,7-21-10)11(18)20-5/h8,10,16,19H,6-7H2,1-5H3/t8-,10+,13-,14-/m0/s1. The maximum absolute atomic E-state index is 12.6. The van der Waals surface area contributed by atoms with Gasteiger partial charge in [0, 0.05) is 5.41 Å². The van der Waals surface area contributed by atoms with Crippen LogP contribution in [0.25, 0.3) is 0 Å². The van der Waals surface area contributed by atoms with Crippen molar-refractivity contribution in [2.24, 2.45) is 11.3 Å². The summed E-state index contributed by atoms with van der Waals surface area (Å²) in [5.74, 6) is -2.31. The van der Waals surface area contributed by atoms with E-state index >= 15 is 0 Å². The number of carbonyl (C=O) groups excluding carboxylic acids is 2. The van der Waals surface area contributed by atoms with E-state index in [9.17, 15) is 19.8 Å². The van der Waals surface area contributed by atoms with E-state index in [1.165, 1.54) is 18.9 Å². The summed E-state index contributed by atoms with van der Waals surface area (Å²) >= 11 is 0. The molecule has 0 aromatic heterocycles. The number of hydrogen-bond donors (Lipinski definition) is 2. The van der Waals surface area contributed by atoms with Crippen LogP contribution in [-0.2, 0) is 19.1 Å². The van der Waals surface area contributed by atoms with E-state index in [1.807, 2.05) is 20.8 Å². The molecule has 0 radical (unpaired) electrons. The summed E-state index contributed by atoms with van der Waals surface area (Å²) in [5.41, 5.74) is -3.85. The number of aliphatic hydroxyl groups is 2. The van der Waals surface area contributed by atoms with Crippen molar-refractivity contribution in [3.63, 3.8) is 0 Å². The molecule has 2 N–H and O–H groups in total. The zero-order valence-electron chi connectivity index (χ0n) is 13.0. The first-order valence-corrected chi connectivity index (χ1v) is 6.92. The van der Waals surface area contributed by atoms with Crippen LogP contribution >= 0.6 is 0 Å². The van der Waals surface area contributed by atoms with Gasteiger partial charge in [0.25, 0.3) is 0 Å². The summed E-state index contributed by atoms with van der Waals surface area (Å²) in [6.07, 6.45) is -0.674. The minimum Gasteiger partial charge on any atom is -0.467 e. The number of carbonyl (C=O) groups is 2. The molecule has 2 aliphatic rings. The molecular formula is C14H23NO6. The third kappa shape index (κ3) is 1.84. The normalized spacial score (nSPS) is 39.6. The number of esters is 1. The summed E-state index contributed by atoms with van der Waals surface area (Å²) in [6.45, 7) is 6.30. The maximum atomic E-state index is 12.6. The highest BCUT2D eigenvalue weighted by Crippen LogP contribution is 2.51. The lowest BCUT2D eigenvalue weighted by atomic mass is 9.77. The fourth-order valence-electron chi connectivity index (χ4n) is 3.36. The fraction of sp³-hybridized carbons (Fsp3) is 0.857. The van der Waals surface area contributed by atoms with Gasteiger partial charge in [-0.1, -0.05) is 20.8 Å². The maximum Gasteiger partial charge on any atom is 0.337 e. The van der Waals surface area contributed by atoms with Crippen LogP contribution in [0.15, 0.2) is 0 Å². The third-order valence-corrected chi connectivity index (χ3v) is 4.59. The van der Waals surface area contributed by atoms with E-state index in [1.54, 1.807) is 0 Å². The van der Waals surface area contributed by atoms with E-state index in [0.717, 1.165) is 0 Å². The van der Waals surface area contributed by atoms with Crippen LogP contribution in [0.3, 0.4) is 0 Å². The van der Waals surface area contributed by atoms with Gasteiger partial charge in [0.2, 0.25) is 5.91 Å². The largest absolute Gasteiger partial charge is 0.467 e. The van der Waals surface area contributed by atoms with Crippen LogP contribution in [0.4, 0.5) is 0 Å². The predicted molar refractivity (Wildman–Crippen MR) is 72.0 cm³/mol. The van der Waals surface area contributed by atoms with Crippen molar-refractivity contribution in [2.75, 3.05) is 20.3 Å². The van der Waals surface area contributed by atoms with Crippen LogP contribution in [-0.4, -0.2) is 64.7 Å². The van der Waals surface area contributed by atoms with Crippen LogP contribution in [0.5, 0.6) is 0 Å². The predicted octanol–water partition coefficient (Wildman–Crippen LogP) is -0.498. The van der Waals surface area contributed by atoms with Gasteiger partial charge in [-0.15, -0.1) is 0 Å². The van der Waals surface area contributed by atoms with Crippen molar-refractivity contribution < 1.29 is 29.3 Å². The highest BCUT2D eigenvalue weighted by Gasteiger charge is 2.75. The monoisotopic (exact) mass is 301 g/mol. The van der Waals surface area contributed by atoms with E-state index in [2.05, 4.69) is 0 Å². The van der Waals surface area contributed by atoms with Gasteiger partial charge >= 0.3 is 5.97 Å². The molecule has 0 unspecified atom stereocenters. The topological polar surface area (TPSA) is 96.3 Å². The number of rotatable bonds is 2. The van der Waals surface area contributed by atoms with Crippen LogP contribution in [0, 0.1) is 11.3 Å². The van der Waals surface area contributed by atoms with Gasteiger partial charge in [-0.25, -0.2) is 4.79 Å². The Morgan fingerprint density at radius 1 is 1.52 bits per heavy atom. The average molecular weight is 301 g/mol. The summed E-state index contributed by atoms with van der Waals surface area (Å²) in [5, 5.41) is 20.3. The SMILES string of the molecule is COC(=O)[C@]12CO[C@H](C(C)(C)C)N1C(=O)[C@H](CO)[C@]2(C)O. The highest BCUT2D eigenvalue weighted by atomic mass is 16.6. The number of fused-ring (bicyclic) bond motifs is 1. The summed E-state index contributed by atoms with van der Waals surface area (Å²) < 4.78 is 10.5. The lowest BCUT2D eigenvalue weighted by molar-refractivity contribution is -0.167. The molecule has 2 fully saturated rings. The van der Waals surface area contributed by atoms with Crippen LogP contribution in [0.2, 0.25) is 0 Å². The molecule has 0 bridgehead atoms. The molecule has 1 amide bonds. The zero-order chi connectivity index (χ0) is 16.2. The van der Waals surface area contributed by atoms with Crippen molar-refractivity contribution >= 4 is 11.9 Å². The van der Waals surface area contributed by atoms with Gasteiger partial charge in [0.05, 0.1) is 26.2 Å². The van der Waals surface area contributed by atoms with Gasteiger partial charge in [-0.3, -0.25) is 9.69 Å². The number of methoxy groups -OCH3 is 1. The first-order chi connectivity index (χ1) is 9.55. The Hall–Kier alpha value is -1.18. The highest BCUT2D eigenvalue weighted by molar-refractivity contribution is 5.97. The quantitative estimate of drug-likeness (QED) is 0.668. The lowest BCUT2D eigenvalue weighted by Gasteiger charge is -2.40. The molecule has 120 valence electrons. The molecule has 0 spiro atoms. The molecule has 2 rings (SSSR count). The molecule has 21 heavy (non-hydrogen) atoms. The first kappa shape index (κ1) is 16.2. The first-order valence-electron chi connectivity index (χ1n) is 6.92. The van der Waals surface area contributed by atoms with Crippen molar-refractivity contribution in [2.45, 2.75) is 45.1 Å². The minimum absolute atomic E-state index is 0.156. The van der Waals surface area contributed by atoms with E-state index in [0.29, 0.717) is 0 Å². The molecule has 7 heteroatoms. The molecular weight excluding hydrogens is 278 g/mol. The smallest absolute Gasteiger partial charge is 0.337 e. The Bertz CT molecular complexity index is 469. The molecule has 0 aliphatic carbocycles. The van der Waals surface area contributed by atoms with E-state index in [-0.39, 0.29) is 6.61 Å². The van der Waals surface area contributed by atoms with E-state index < -0.39 is 47.2 Å². The zero-order valence-corrected chi connectivity index (χ0v) is 13.0. The van der Waals surface area contributed by atoms with Gasteiger partial charge in [0.1, 0.15) is 11.8 Å². The van der Waals surface area contributed by atoms with Crippen LogP contribution in [0.1, 0.15) is 27.7 Å². The Balaban J connectivity index is 2.62.